The number of hydrogen-bond acceptors (Lipinski definition) is 7. The Balaban J connectivity index is 2.16. The van der Waals surface area contributed by atoms with Gasteiger partial charge in [-0.3, -0.25) is 0 Å². The summed E-state index contributed by atoms with van der Waals surface area (Å²) in [5.74, 6) is 2.32. The lowest BCUT2D eigenvalue weighted by atomic mass is 10.2. The summed E-state index contributed by atoms with van der Waals surface area (Å²) in [5.41, 5.74) is 0.671. The predicted octanol–water partition coefficient (Wildman–Crippen LogP) is 2.86. The van der Waals surface area contributed by atoms with Crippen molar-refractivity contribution >= 4 is 29.1 Å². The molecule has 0 bridgehead atoms. The Kier molecular flexibility index (Phi) is 6.45. The fourth-order valence-corrected chi connectivity index (χ4v) is 2.23. The van der Waals surface area contributed by atoms with Gasteiger partial charge in [0.15, 0.2) is 0 Å². The molecule has 0 unspecified atom stereocenters. The number of anilines is 3. The van der Waals surface area contributed by atoms with Gasteiger partial charge in [-0.15, -0.1) is 0 Å². The van der Waals surface area contributed by atoms with E-state index in [1.165, 1.54) is 0 Å². The molecule has 1 heterocycles. The Hall–Kier alpha value is -2.25. The minimum absolute atomic E-state index is 0.451. The van der Waals surface area contributed by atoms with Crippen LogP contribution in [-0.2, 0) is 0 Å². The van der Waals surface area contributed by atoms with E-state index in [4.69, 9.17) is 21.1 Å². The number of ether oxygens (including phenoxy) is 2. The van der Waals surface area contributed by atoms with Crippen LogP contribution in [0.3, 0.4) is 0 Å². The minimum atomic E-state index is 0.451. The summed E-state index contributed by atoms with van der Waals surface area (Å²) in [6.07, 6.45) is 1.69. The SMILES string of the molecule is COc1cc(Nc2nccc(NCCN(C)C)n2)c(OC)cc1Cl. The fraction of sp³-hybridized carbons (Fsp3) is 0.375. The standard InChI is InChI=1S/C16H22ClN5O2/c1-22(2)8-7-18-15-5-6-19-16(21-15)20-12-10-13(23-3)11(17)9-14(12)24-4/h5-6,9-10H,7-8H2,1-4H3,(H2,18,19,20,21). The van der Waals surface area contributed by atoms with Crippen LogP contribution >= 0.6 is 11.6 Å². The van der Waals surface area contributed by atoms with Gasteiger partial charge in [0.05, 0.1) is 24.9 Å². The van der Waals surface area contributed by atoms with Gasteiger partial charge < -0.3 is 25.0 Å². The number of nitrogens with one attached hydrogen (secondary N) is 2. The molecule has 0 aliphatic carbocycles. The molecular formula is C16H22ClN5O2. The maximum absolute atomic E-state index is 6.11. The van der Waals surface area contributed by atoms with Crippen LogP contribution in [0.1, 0.15) is 0 Å². The predicted molar refractivity (Wildman–Crippen MR) is 96.9 cm³/mol. The van der Waals surface area contributed by atoms with E-state index in [-0.39, 0.29) is 0 Å². The number of aromatic nitrogens is 2. The van der Waals surface area contributed by atoms with Crippen molar-refractivity contribution in [2.75, 3.05) is 52.0 Å². The van der Waals surface area contributed by atoms with E-state index < -0.39 is 0 Å². The van der Waals surface area contributed by atoms with Crippen LogP contribution in [0.5, 0.6) is 11.5 Å². The highest BCUT2D eigenvalue weighted by molar-refractivity contribution is 6.32. The first kappa shape index (κ1) is 18.1. The largest absolute Gasteiger partial charge is 0.495 e. The third-order valence-electron chi connectivity index (χ3n) is 3.24. The lowest BCUT2D eigenvalue weighted by Gasteiger charge is -2.14. The average Bonchev–Trinajstić information content (AvgIpc) is 2.56. The van der Waals surface area contributed by atoms with Gasteiger partial charge in [-0.05, 0) is 20.2 Å². The second kappa shape index (κ2) is 8.56. The fourth-order valence-electron chi connectivity index (χ4n) is 2.00. The number of nitrogens with zero attached hydrogens (tertiary/aromatic N) is 3. The van der Waals surface area contributed by atoms with Crippen LogP contribution in [0.4, 0.5) is 17.5 Å². The normalized spacial score (nSPS) is 10.6. The molecule has 1 aromatic heterocycles. The van der Waals surface area contributed by atoms with Gasteiger partial charge in [-0.2, -0.15) is 4.98 Å². The maximum Gasteiger partial charge on any atom is 0.229 e. The number of benzene rings is 1. The number of likely N-dealkylation sites (N-methyl/N-ethyl adjacent to an activating group) is 1. The highest BCUT2D eigenvalue weighted by Gasteiger charge is 2.11. The number of halogens is 1. The van der Waals surface area contributed by atoms with Crippen molar-refractivity contribution in [2.24, 2.45) is 0 Å². The molecule has 2 aromatic rings. The molecule has 130 valence electrons. The van der Waals surface area contributed by atoms with Gasteiger partial charge >= 0.3 is 0 Å². The maximum atomic E-state index is 6.11. The molecule has 7 nitrogen and oxygen atoms in total. The van der Waals surface area contributed by atoms with E-state index >= 15 is 0 Å². The molecule has 0 saturated heterocycles. The Bertz CT molecular complexity index is 682. The average molecular weight is 352 g/mol. The summed E-state index contributed by atoms with van der Waals surface area (Å²) >= 11 is 6.11. The molecule has 0 atom stereocenters. The van der Waals surface area contributed by atoms with Gasteiger partial charge in [0.1, 0.15) is 17.3 Å². The molecule has 0 saturated carbocycles. The topological polar surface area (TPSA) is 71.5 Å². The first-order valence-electron chi connectivity index (χ1n) is 7.43. The van der Waals surface area contributed by atoms with Crippen molar-refractivity contribution in [3.8, 4) is 11.5 Å². The molecule has 2 N–H and O–H groups in total. The zero-order chi connectivity index (χ0) is 17.5. The molecular weight excluding hydrogens is 330 g/mol. The quantitative estimate of drug-likeness (QED) is 0.757. The van der Waals surface area contributed by atoms with Gasteiger partial charge in [0.25, 0.3) is 0 Å². The van der Waals surface area contributed by atoms with E-state index in [1.54, 1.807) is 32.5 Å². The Morgan fingerprint density at radius 3 is 2.58 bits per heavy atom. The summed E-state index contributed by atoms with van der Waals surface area (Å²) in [4.78, 5) is 10.8. The van der Waals surface area contributed by atoms with E-state index in [1.807, 2.05) is 20.2 Å². The van der Waals surface area contributed by atoms with Crippen LogP contribution in [0, 0.1) is 0 Å². The molecule has 0 aliphatic rings. The molecule has 0 amide bonds. The Morgan fingerprint density at radius 1 is 1.17 bits per heavy atom. The van der Waals surface area contributed by atoms with Crippen molar-refractivity contribution in [3.63, 3.8) is 0 Å². The van der Waals surface area contributed by atoms with Crippen LogP contribution in [-0.4, -0.2) is 56.3 Å². The summed E-state index contributed by atoms with van der Waals surface area (Å²) < 4.78 is 10.6. The molecule has 0 radical (unpaired) electrons. The van der Waals surface area contributed by atoms with Crippen molar-refractivity contribution in [1.82, 2.24) is 14.9 Å². The summed E-state index contributed by atoms with van der Waals surface area (Å²) in [5, 5.41) is 6.85. The first-order valence-corrected chi connectivity index (χ1v) is 7.81. The highest BCUT2D eigenvalue weighted by Crippen LogP contribution is 2.36. The van der Waals surface area contributed by atoms with Crippen LogP contribution in [0.25, 0.3) is 0 Å². The van der Waals surface area contributed by atoms with Crippen LogP contribution < -0.4 is 20.1 Å². The van der Waals surface area contributed by atoms with E-state index in [2.05, 4.69) is 25.5 Å². The molecule has 8 heteroatoms. The van der Waals surface area contributed by atoms with Gasteiger partial charge in [0.2, 0.25) is 5.95 Å². The van der Waals surface area contributed by atoms with Crippen LogP contribution in [0.15, 0.2) is 24.4 Å². The zero-order valence-corrected chi connectivity index (χ0v) is 15.0. The number of hydrogen-bond donors (Lipinski definition) is 2. The van der Waals surface area contributed by atoms with Crippen molar-refractivity contribution in [3.05, 3.63) is 29.4 Å². The molecule has 1 aromatic carbocycles. The number of methoxy groups -OCH3 is 2. The van der Waals surface area contributed by atoms with Crippen LogP contribution in [0.2, 0.25) is 5.02 Å². The minimum Gasteiger partial charge on any atom is -0.495 e. The van der Waals surface area contributed by atoms with E-state index in [0.717, 1.165) is 18.9 Å². The first-order chi connectivity index (χ1) is 11.5. The Morgan fingerprint density at radius 2 is 1.92 bits per heavy atom. The third-order valence-corrected chi connectivity index (χ3v) is 3.54. The summed E-state index contributed by atoms with van der Waals surface area (Å²) in [6.45, 7) is 1.70. The van der Waals surface area contributed by atoms with Gasteiger partial charge in [-0.25, -0.2) is 4.98 Å². The van der Waals surface area contributed by atoms with Gasteiger partial charge in [0, 0.05) is 31.4 Å². The summed E-state index contributed by atoms with van der Waals surface area (Å²) in [6, 6.07) is 5.25. The van der Waals surface area contributed by atoms with Crippen molar-refractivity contribution in [2.45, 2.75) is 0 Å². The zero-order valence-electron chi connectivity index (χ0n) is 14.3. The molecule has 0 aliphatic heterocycles. The third kappa shape index (κ3) is 4.87. The van der Waals surface area contributed by atoms with Crippen molar-refractivity contribution < 1.29 is 9.47 Å². The lowest BCUT2D eigenvalue weighted by Crippen LogP contribution is -2.21. The molecule has 24 heavy (non-hydrogen) atoms. The second-order valence-corrected chi connectivity index (χ2v) is 5.71. The summed E-state index contributed by atoms with van der Waals surface area (Å²) in [7, 11) is 7.18. The van der Waals surface area contributed by atoms with Gasteiger partial charge in [-0.1, -0.05) is 11.6 Å². The smallest absolute Gasteiger partial charge is 0.229 e. The lowest BCUT2D eigenvalue weighted by molar-refractivity contribution is 0.405. The molecule has 0 fully saturated rings. The highest BCUT2D eigenvalue weighted by atomic mass is 35.5. The van der Waals surface area contributed by atoms with E-state index in [0.29, 0.717) is 28.2 Å². The molecule has 2 rings (SSSR count). The molecule has 0 spiro atoms. The van der Waals surface area contributed by atoms with E-state index in [9.17, 15) is 0 Å². The second-order valence-electron chi connectivity index (χ2n) is 5.31. The Labute approximate surface area is 147 Å². The monoisotopic (exact) mass is 351 g/mol. The number of rotatable bonds is 8. The van der Waals surface area contributed by atoms with Crippen molar-refractivity contribution in [1.29, 1.82) is 0 Å².